The van der Waals surface area contributed by atoms with Crippen molar-refractivity contribution in [2.24, 2.45) is 0 Å². The van der Waals surface area contributed by atoms with Crippen LogP contribution >= 0.6 is 23.2 Å². The van der Waals surface area contributed by atoms with Crippen LogP contribution in [0.25, 0.3) is 0 Å². The number of fused-ring (bicyclic) bond motifs is 1. The van der Waals surface area contributed by atoms with Gasteiger partial charge in [0.25, 0.3) is 27.7 Å². The van der Waals surface area contributed by atoms with E-state index in [-0.39, 0.29) is 91.3 Å². The van der Waals surface area contributed by atoms with Crippen molar-refractivity contribution in [1.29, 1.82) is 0 Å². The quantitative estimate of drug-likeness (QED) is 0.0730. The lowest BCUT2D eigenvalue weighted by molar-refractivity contribution is -0.138. The Kier molecular flexibility index (Phi) is 13.6. The van der Waals surface area contributed by atoms with Gasteiger partial charge < -0.3 is 24.8 Å². The Morgan fingerprint density at radius 2 is 1.57 bits per heavy atom. The lowest BCUT2D eigenvalue weighted by atomic mass is 10.0. The Morgan fingerprint density at radius 3 is 2.30 bits per heavy atom. The van der Waals surface area contributed by atoms with Crippen LogP contribution in [-0.2, 0) is 35.3 Å². The number of sulfonamides is 1. The summed E-state index contributed by atoms with van der Waals surface area (Å²) in [6.07, 6.45) is -4.85. The summed E-state index contributed by atoms with van der Waals surface area (Å²) in [5, 5.41) is 7.39. The average Bonchev–Trinajstić information content (AvgIpc) is 3.45. The number of halogens is 5. The molecule has 2 aliphatic rings. The lowest BCUT2D eigenvalue weighted by Crippen LogP contribution is -2.54. The van der Waals surface area contributed by atoms with Gasteiger partial charge in [-0.2, -0.15) is 13.2 Å². The molecule has 15 nitrogen and oxygen atoms in total. The zero-order valence-corrected chi connectivity index (χ0v) is 33.4. The number of imide groups is 2. The van der Waals surface area contributed by atoms with E-state index in [0.29, 0.717) is 11.8 Å². The van der Waals surface area contributed by atoms with Crippen LogP contribution in [0.2, 0.25) is 10.0 Å². The van der Waals surface area contributed by atoms with Crippen molar-refractivity contribution in [2.45, 2.75) is 30.0 Å². The number of ether oxygens (including phenoxy) is 3. The molecule has 2 heterocycles. The minimum absolute atomic E-state index is 0.00885. The Bertz CT molecular complexity index is 2460. The monoisotopic (exact) mass is 891 g/mol. The molecule has 1 unspecified atom stereocenters. The third kappa shape index (κ3) is 10.2. The first-order valence-electron chi connectivity index (χ1n) is 18.0. The van der Waals surface area contributed by atoms with E-state index in [4.69, 9.17) is 37.4 Å². The van der Waals surface area contributed by atoms with Crippen LogP contribution < -0.4 is 25.4 Å². The molecule has 1 atom stereocenters. The van der Waals surface area contributed by atoms with Crippen molar-refractivity contribution >= 4 is 74.1 Å². The van der Waals surface area contributed by atoms with Crippen molar-refractivity contribution in [2.75, 3.05) is 49.6 Å². The first kappa shape index (κ1) is 43.8. The van der Waals surface area contributed by atoms with Crippen LogP contribution in [0, 0.1) is 0 Å². The summed E-state index contributed by atoms with van der Waals surface area (Å²) >= 11 is 11.8. The van der Waals surface area contributed by atoms with Gasteiger partial charge in [0.1, 0.15) is 11.8 Å². The highest BCUT2D eigenvalue weighted by Gasteiger charge is 2.45. The molecular weight excluding hydrogens is 858 g/mol. The number of carbonyl (C=O) groups excluding carboxylic acids is 5. The van der Waals surface area contributed by atoms with Crippen molar-refractivity contribution in [1.82, 2.24) is 15.5 Å². The first-order valence-corrected chi connectivity index (χ1v) is 20.3. The summed E-state index contributed by atoms with van der Waals surface area (Å²) in [4.78, 5) is 63.5. The number of para-hydroxylation sites is 1. The lowest BCUT2D eigenvalue weighted by Gasteiger charge is -2.27. The van der Waals surface area contributed by atoms with E-state index in [1.807, 2.05) is 0 Å². The highest BCUT2D eigenvalue weighted by Crippen LogP contribution is 2.38. The second kappa shape index (κ2) is 18.7. The number of carbonyl (C=O) groups is 5. The van der Waals surface area contributed by atoms with Gasteiger partial charge in [0, 0.05) is 36.3 Å². The van der Waals surface area contributed by atoms with Gasteiger partial charge in [-0.1, -0.05) is 41.4 Å². The molecular formula is C39H34Cl2F3N5O10S. The van der Waals surface area contributed by atoms with Crippen LogP contribution in [-0.4, -0.2) is 88.4 Å². The number of piperidine rings is 1. The van der Waals surface area contributed by atoms with E-state index in [9.17, 15) is 45.6 Å². The number of amides is 5. The molecule has 0 aliphatic carbocycles. The van der Waals surface area contributed by atoms with Gasteiger partial charge >= 0.3 is 6.18 Å². The zero-order chi connectivity index (χ0) is 43.2. The molecule has 316 valence electrons. The highest BCUT2D eigenvalue weighted by molar-refractivity contribution is 7.92. The van der Waals surface area contributed by atoms with Gasteiger partial charge in [-0.05, 0) is 61.0 Å². The Balaban J connectivity index is 0.949. The van der Waals surface area contributed by atoms with Gasteiger partial charge in [0.05, 0.1) is 64.3 Å². The Hall–Kier alpha value is -5.73. The fourth-order valence-corrected chi connectivity index (χ4v) is 7.68. The summed E-state index contributed by atoms with van der Waals surface area (Å²) in [5.74, 6) is -3.11. The topological polar surface area (TPSA) is 199 Å². The number of benzene rings is 4. The molecule has 0 bridgehead atoms. The molecule has 5 amide bonds. The van der Waals surface area contributed by atoms with E-state index in [1.165, 1.54) is 36.4 Å². The third-order valence-electron chi connectivity index (χ3n) is 9.03. The van der Waals surface area contributed by atoms with Crippen LogP contribution in [0.4, 0.5) is 24.5 Å². The largest absolute Gasteiger partial charge is 0.454 e. The predicted molar refractivity (Wildman–Crippen MR) is 211 cm³/mol. The fraction of sp³-hybridized carbons (Fsp3) is 0.256. The highest BCUT2D eigenvalue weighted by atomic mass is 35.5. The molecule has 21 heteroatoms. The van der Waals surface area contributed by atoms with E-state index in [0.717, 1.165) is 17.0 Å². The zero-order valence-electron chi connectivity index (χ0n) is 31.1. The van der Waals surface area contributed by atoms with Crippen molar-refractivity contribution in [3.63, 3.8) is 0 Å². The predicted octanol–water partition coefficient (Wildman–Crippen LogP) is 5.88. The molecule has 6 rings (SSSR count). The number of hydrogen-bond acceptors (Lipinski definition) is 11. The maximum absolute atomic E-state index is 13.4. The summed E-state index contributed by atoms with van der Waals surface area (Å²) in [6, 6.07) is 15.7. The van der Waals surface area contributed by atoms with E-state index < -0.39 is 67.3 Å². The standard InChI is InChI=1S/C39H34Cl2F3N5O10S/c40-22-8-11-28(48-60(55,56)23-9-10-27(41)26(21-23)39(42,43)44)32(20-22)59-31-7-2-1-4-24(31)35(51)46-15-17-58-19-18-57-16-14-45-29-6-3-5-25-34(29)38(54)49(37(25)53)30-12-13-33(50)47-36(30)52/h1-11,20-21,30,45,48H,12-19H2,(H,46,51)(H,47,50,52). The van der Waals surface area contributed by atoms with Crippen molar-refractivity contribution in [3.8, 4) is 11.5 Å². The minimum atomic E-state index is -4.91. The van der Waals surface area contributed by atoms with E-state index >= 15 is 0 Å². The normalized spacial score (nSPS) is 15.4. The van der Waals surface area contributed by atoms with Gasteiger partial charge in [-0.3, -0.25) is 38.9 Å². The summed E-state index contributed by atoms with van der Waals surface area (Å²) in [7, 11) is -4.60. The first-order chi connectivity index (χ1) is 28.5. The molecule has 1 saturated heterocycles. The van der Waals surface area contributed by atoms with Gasteiger partial charge in [0.15, 0.2) is 5.75 Å². The summed E-state index contributed by atoms with van der Waals surface area (Å²) < 4.78 is 85.8. The van der Waals surface area contributed by atoms with Crippen LogP contribution in [0.15, 0.2) is 83.8 Å². The van der Waals surface area contributed by atoms with Crippen molar-refractivity contribution in [3.05, 3.63) is 111 Å². The van der Waals surface area contributed by atoms with Gasteiger partial charge in [-0.25, -0.2) is 8.42 Å². The molecule has 0 radical (unpaired) electrons. The number of alkyl halides is 3. The Labute approximate surface area is 350 Å². The fourth-order valence-electron chi connectivity index (χ4n) is 6.19. The molecule has 4 aromatic carbocycles. The molecule has 1 fully saturated rings. The summed E-state index contributed by atoms with van der Waals surface area (Å²) in [5.41, 5.74) is -0.784. The maximum atomic E-state index is 13.4. The van der Waals surface area contributed by atoms with Crippen LogP contribution in [0.3, 0.4) is 0 Å². The smallest absolute Gasteiger partial charge is 0.417 e. The van der Waals surface area contributed by atoms with Gasteiger partial charge in [0.2, 0.25) is 11.8 Å². The number of rotatable bonds is 17. The van der Waals surface area contributed by atoms with E-state index in [2.05, 4.69) is 20.7 Å². The third-order valence-corrected chi connectivity index (χ3v) is 11.0. The minimum Gasteiger partial charge on any atom is -0.454 e. The number of hydrogen-bond donors (Lipinski definition) is 4. The number of anilines is 2. The summed E-state index contributed by atoms with van der Waals surface area (Å²) in [6.45, 7) is 1.02. The van der Waals surface area contributed by atoms with E-state index in [1.54, 1.807) is 24.3 Å². The number of nitrogens with one attached hydrogen (secondary N) is 4. The van der Waals surface area contributed by atoms with Crippen LogP contribution in [0.1, 0.15) is 49.5 Å². The molecule has 60 heavy (non-hydrogen) atoms. The Morgan fingerprint density at radius 1 is 0.833 bits per heavy atom. The molecule has 0 saturated carbocycles. The molecule has 2 aliphatic heterocycles. The second-order valence-electron chi connectivity index (χ2n) is 13.1. The van der Waals surface area contributed by atoms with Gasteiger partial charge in [-0.15, -0.1) is 0 Å². The molecule has 0 aromatic heterocycles. The molecule has 4 aromatic rings. The second-order valence-corrected chi connectivity index (χ2v) is 15.6. The number of nitrogens with zero attached hydrogens (tertiary/aromatic N) is 1. The average molecular weight is 893 g/mol. The van der Waals surface area contributed by atoms with Crippen LogP contribution in [0.5, 0.6) is 11.5 Å². The molecule has 0 spiro atoms. The molecule has 4 N–H and O–H groups in total. The maximum Gasteiger partial charge on any atom is 0.417 e. The van der Waals surface area contributed by atoms with Crippen molar-refractivity contribution < 1.29 is 59.8 Å². The SMILES string of the molecule is O=C1CCC(N2C(=O)c3cccc(NCCOCCOCCNC(=O)c4ccccc4Oc4cc(Cl)ccc4NS(=O)(=O)c4ccc(Cl)c(C(F)(F)F)c4)c3C2=O)C(=O)N1.